The van der Waals surface area contributed by atoms with Crippen LogP contribution in [0.4, 0.5) is 0 Å². The van der Waals surface area contributed by atoms with Gasteiger partial charge >= 0.3 is 0 Å². The molecule has 1 atom stereocenters. The van der Waals surface area contributed by atoms with Crippen molar-refractivity contribution < 1.29 is 4.79 Å². The van der Waals surface area contributed by atoms with Crippen molar-refractivity contribution in [1.29, 1.82) is 0 Å². The van der Waals surface area contributed by atoms with E-state index < -0.39 is 0 Å². The second-order valence-corrected chi connectivity index (χ2v) is 5.99. The summed E-state index contributed by atoms with van der Waals surface area (Å²) in [6, 6.07) is 8.23. The zero-order valence-electron chi connectivity index (χ0n) is 11.9. The number of benzene rings is 1. The number of aliphatic imine (C=N–C) groups is 1. The summed E-state index contributed by atoms with van der Waals surface area (Å²) in [7, 11) is 0. The number of amidine groups is 1. The van der Waals surface area contributed by atoms with Crippen LogP contribution in [-0.2, 0) is 16.6 Å². The fourth-order valence-corrected chi connectivity index (χ4v) is 1.97. The van der Waals surface area contributed by atoms with Crippen molar-refractivity contribution in [1.82, 2.24) is 10.9 Å². The van der Waals surface area contributed by atoms with Gasteiger partial charge in [-0.1, -0.05) is 45.0 Å². The fraction of sp³-hybridized carbons (Fsp3) is 0.467. The van der Waals surface area contributed by atoms with Crippen molar-refractivity contribution in [2.75, 3.05) is 0 Å². The molecule has 0 fully saturated rings. The van der Waals surface area contributed by atoms with E-state index in [0.717, 1.165) is 5.84 Å². The topological polar surface area (TPSA) is 53.5 Å². The highest BCUT2D eigenvalue weighted by molar-refractivity contribution is 5.94. The Hall–Kier alpha value is -1.84. The smallest absolute Gasteiger partial charge is 0.262 e. The molecule has 1 aliphatic rings. The lowest BCUT2D eigenvalue weighted by atomic mass is 9.86. The fourth-order valence-electron chi connectivity index (χ4n) is 1.97. The van der Waals surface area contributed by atoms with Gasteiger partial charge in [-0.05, 0) is 23.5 Å². The van der Waals surface area contributed by atoms with Gasteiger partial charge in [0.25, 0.3) is 5.91 Å². The first-order valence-corrected chi connectivity index (χ1v) is 6.58. The summed E-state index contributed by atoms with van der Waals surface area (Å²) in [5.74, 6) is 0.711. The lowest BCUT2D eigenvalue weighted by Gasteiger charge is -2.21. The van der Waals surface area contributed by atoms with Gasteiger partial charge in [0.1, 0.15) is 11.9 Å². The van der Waals surface area contributed by atoms with Crippen LogP contribution in [0.1, 0.15) is 38.8 Å². The molecule has 1 heterocycles. The average molecular weight is 259 g/mol. The summed E-state index contributed by atoms with van der Waals surface area (Å²) in [6.07, 6.45) is 0.703. The Bertz CT molecular complexity index is 497. The molecule has 0 spiro atoms. The number of nitrogens with zero attached hydrogens (tertiary/aromatic N) is 1. The molecule has 0 aromatic heterocycles. The molecule has 0 saturated carbocycles. The van der Waals surface area contributed by atoms with E-state index >= 15 is 0 Å². The zero-order valence-corrected chi connectivity index (χ0v) is 11.9. The molecular formula is C15H21N3O. The van der Waals surface area contributed by atoms with Gasteiger partial charge in [-0.2, -0.15) is 0 Å². The Morgan fingerprint density at radius 1 is 1.16 bits per heavy atom. The Morgan fingerprint density at radius 2 is 1.79 bits per heavy atom. The van der Waals surface area contributed by atoms with E-state index in [9.17, 15) is 4.79 Å². The molecule has 102 valence electrons. The molecular weight excluding hydrogens is 238 g/mol. The molecule has 1 amide bonds. The van der Waals surface area contributed by atoms with Gasteiger partial charge in [-0.25, -0.2) is 0 Å². The largest absolute Gasteiger partial charge is 0.285 e. The van der Waals surface area contributed by atoms with E-state index in [1.54, 1.807) is 6.92 Å². The summed E-state index contributed by atoms with van der Waals surface area (Å²) in [5, 5.41) is 0. The molecule has 2 N–H and O–H groups in total. The SMILES string of the molecule is CC1N=C(Cc2ccc(C(C)(C)C)cc2)NNC1=O. The quantitative estimate of drug-likeness (QED) is 0.853. The standard InChI is InChI=1S/C15H21N3O/c1-10-14(19)18-17-13(16-10)9-11-5-7-12(8-6-11)15(2,3)4/h5-8,10H,9H2,1-4H3,(H,16,17)(H,18,19). The van der Waals surface area contributed by atoms with E-state index in [0.29, 0.717) is 6.42 Å². The monoisotopic (exact) mass is 259 g/mol. The molecule has 2 rings (SSSR count). The highest BCUT2D eigenvalue weighted by atomic mass is 16.2. The average Bonchev–Trinajstić information content (AvgIpc) is 2.33. The Labute approximate surface area is 114 Å². The van der Waals surface area contributed by atoms with Gasteiger partial charge in [-0.15, -0.1) is 0 Å². The first-order valence-electron chi connectivity index (χ1n) is 6.58. The molecule has 0 bridgehead atoms. The molecule has 0 saturated heterocycles. The molecule has 1 aromatic carbocycles. The lowest BCUT2D eigenvalue weighted by molar-refractivity contribution is -0.122. The Balaban J connectivity index is 2.08. The summed E-state index contributed by atoms with van der Waals surface area (Å²) < 4.78 is 0. The molecule has 1 aliphatic heterocycles. The number of nitrogens with one attached hydrogen (secondary N) is 2. The van der Waals surface area contributed by atoms with Gasteiger partial charge < -0.3 is 0 Å². The van der Waals surface area contributed by atoms with Crippen LogP contribution in [0.2, 0.25) is 0 Å². The maximum absolute atomic E-state index is 11.3. The van der Waals surface area contributed by atoms with Crippen LogP contribution in [0.25, 0.3) is 0 Å². The lowest BCUT2D eigenvalue weighted by Crippen LogP contribution is -2.50. The van der Waals surface area contributed by atoms with Crippen molar-refractivity contribution in [3.05, 3.63) is 35.4 Å². The van der Waals surface area contributed by atoms with Gasteiger partial charge in [0.15, 0.2) is 0 Å². The van der Waals surface area contributed by atoms with Crippen LogP contribution in [0.5, 0.6) is 0 Å². The Kier molecular flexibility index (Phi) is 3.60. The summed E-state index contributed by atoms with van der Waals surface area (Å²) in [4.78, 5) is 15.6. The predicted molar refractivity (Wildman–Crippen MR) is 77.0 cm³/mol. The Morgan fingerprint density at radius 3 is 2.32 bits per heavy atom. The minimum atomic E-state index is -0.315. The van der Waals surface area contributed by atoms with E-state index in [1.807, 2.05) is 0 Å². The highest BCUT2D eigenvalue weighted by Crippen LogP contribution is 2.22. The van der Waals surface area contributed by atoms with Crippen LogP contribution < -0.4 is 10.9 Å². The number of rotatable bonds is 2. The zero-order chi connectivity index (χ0) is 14.0. The second kappa shape index (κ2) is 5.03. The number of hydrogen-bond acceptors (Lipinski definition) is 3. The van der Waals surface area contributed by atoms with Gasteiger partial charge in [0, 0.05) is 6.42 Å². The number of carbonyl (C=O) groups is 1. The molecule has 1 unspecified atom stereocenters. The minimum absolute atomic E-state index is 0.0909. The summed E-state index contributed by atoms with van der Waals surface area (Å²) >= 11 is 0. The molecule has 4 nitrogen and oxygen atoms in total. The van der Waals surface area contributed by atoms with Crippen LogP contribution >= 0.6 is 0 Å². The minimum Gasteiger partial charge on any atom is -0.285 e. The number of amides is 1. The van der Waals surface area contributed by atoms with Gasteiger partial charge in [-0.3, -0.25) is 20.6 Å². The first kappa shape index (κ1) is 13.6. The molecule has 0 aliphatic carbocycles. The van der Waals surface area contributed by atoms with Crippen molar-refractivity contribution in [2.24, 2.45) is 4.99 Å². The van der Waals surface area contributed by atoms with Gasteiger partial charge in [0.2, 0.25) is 0 Å². The van der Waals surface area contributed by atoms with Crippen molar-refractivity contribution >= 4 is 11.7 Å². The number of carbonyl (C=O) groups excluding carboxylic acids is 1. The molecule has 0 radical (unpaired) electrons. The third-order valence-corrected chi connectivity index (χ3v) is 3.25. The first-order chi connectivity index (χ1) is 8.86. The van der Waals surface area contributed by atoms with E-state index in [2.05, 4.69) is 60.9 Å². The second-order valence-electron chi connectivity index (χ2n) is 5.99. The van der Waals surface area contributed by atoms with E-state index in [1.165, 1.54) is 11.1 Å². The van der Waals surface area contributed by atoms with Crippen molar-refractivity contribution in [2.45, 2.75) is 45.6 Å². The third-order valence-electron chi connectivity index (χ3n) is 3.25. The molecule has 19 heavy (non-hydrogen) atoms. The van der Waals surface area contributed by atoms with Crippen LogP contribution in [0.15, 0.2) is 29.3 Å². The molecule has 1 aromatic rings. The maximum Gasteiger partial charge on any atom is 0.262 e. The van der Waals surface area contributed by atoms with E-state index in [4.69, 9.17) is 0 Å². The van der Waals surface area contributed by atoms with Crippen molar-refractivity contribution in [3.63, 3.8) is 0 Å². The van der Waals surface area contributed by atoms with E-state index in [-0.39, 0.29) is 17.4 Å². The predicted octanol–water partition coefficient (Wildman–Crippen LogP) is 1.95. The number of hydrogen-bond donors (Lipinski definition) is 2. The third kappa shape index (κ3) is 3.34. The molecule has 4 heteroatoms. The summed E-state index contributed by atoms with van der Waals surface area (Å²) in [5.41, 5.74) is 8.13. The maximum atomic E-state index is 11.3. The van der Waals surface area contributed by atoms with Crippen LogP contribution in [0.3, 0.4) is 0 Å². The van der Waals surface area contributed by atoms with Crippen LogP contribution in [-0.4, -0.2) is 17.8 Å². The van der Waals surface area contributed by atoms with Crippen LogP contribution in [0, 0.1) is 0 Å². The number of hydrazine groups is 1. The summed E-state index contributed by atoms with van der Waals surface area (Å²) in [6.45, 7) is 8.39. The normalized spacial score (nSPS) is 19.5. The highest BCUT2D eigenvalue weighted by Gasteiger charge is 2.18. The van der Waals surface area contributed by atoms with Crippen molar-refractivity contribution in [3.8, 4) is 0 Å². The van der Waals surface area contributed by atoms with Gasteiger partial charge in [0.05, 0.1) is 0 Å².